The van der Waals surface area contributed by atoms with Gasteiger partial charge < -0.3 is 14.9 Å². The molecule has 96 valence electrons. The molecule has 0 spiro atoms. The lowest BCUT2D eigenvalue weighted by molar-refractivity contribution is -0.134. The van der Waals surface area contributed by atoms with Gasteiger partial charge in [-0.3, -0.25) is 4.79 Å². The molecule has 0 aromatic rings. The fraction of sp³-hybridized carbons (Fsp3) is 0.385. The van der Waals surface area contributed by atoms with Gasteiger partial charge in [-0.2, -0.15) is 0 Å². The molecule has 2 N–H and O–H groups in total. The van der Waals surface area contributed by atoms with Crippen LogP contribution in [-0.4, -0.2) is 28.1 Å². The number of hydrogen-bond donors (Lipinski definition) is 2. The van der Waals surface area contributed by atoms with Crippen LogP contribution >= 0.6 is 0 Å². The van der Waals surface area contributed by atoms with Crippen molar-refractivity contribution >= 4 is 11.8 Å². The molecule has 1 aliphatic heterocycles. The second-order valence-corrected chi connectivity index (χ2v) is 4.56. The Bertz CT molecular complexity index is 536. The maximum atomic E-state index is 12.0. The van der Waals surface area contributed by atoms with E-state index in [9.17, 15) is 14.7 Å². The highest BCUT2D eigenvalue weighted by atomic mass is 16.5. The van der Waals surface area contributed by atoms with Crippen molar-refractivity contribution in [2.24, 2.45) is 5.92 Å². The van der Waals surface area contributed by atoms with E-state index < -0.39 is 23.1 Å². The van der Waals surface area contributed by atoms with Crippen LogP contribution in [0, 0.1) is 5.92 Å². The molecule has 2 aliphatic rings. The van der Waals surface area contributed by atoms with E-state index >= 15 is 0 Å². The van der Waals surface area contributed by atoms with E-state index in [2.05, 4.69) is 0 Å². The van der Waals surface area contributed by atoms with E-state index in [-0.39, 0.29) is 17.6 Å². The Labute approximate surface area is 104 Å². The molecule has 0 amide bonds. The molecule has 2 atom stereocenters. The molecule has 18 heavy (non-hydrogen) atoms. The van der Waals surface area contributed by atoms with E-state index in [4.69, 9.17) is 9.84 Å². The van der Waals surface area contributed by atoms with Crippen LogP contribution in [0.5, 0.6) is 0 Å². The monoisotopic (exact) mass is 250 g/mol. The van der Waals surface area contributed by atoms with E-state index in [0.717, 1.165) is 0 Å². The number of hydrogen-bond acceptors (Lipinski definition) is 4. The molecule has 0 radical (unpaired) electrons. The Morgan fingerprint density at radius 2 is 2.00 bits per heavy atom. The maximum absolute atomic E-state index is 12.0. The molecule has 1 unspecified atom stereocenters. The number of rotatable bonds is 1. The van der Waals surface area contributed by atoms with Crippen molar-refractivity contribution in [1.82, 2.24) is 0 Å². The molecule has 1 heterocycles. The average Bonchev–Trinajstić information content (AvgIpc) is 2.29. The SMILES string of the molecule is CC1=C2C(=COC(C)[C@@H]2C)C(=O)C(C(=O)O)=C1O. The minimum absolute atomic E-state index is 0.0774. The second-order valence-electron chi connectivity index (χ2n) is 4.56. The van der Waals surface area contributed by atoms with Gasteiger partial charge in [0.05, 0.1) is 11.8 Å². The first-order valence-electron chi connectivity index (χ1n) is 5.64. The van der Waals surface area contributed by atoms with Gasteiger partial charge in [-0.25, -0.2) is 4.79 Å². The molecule has 0 aromatic carbocycles. The van der Waals surface area contributed by atoms with Crippen molar-refractivity contribution in [1.29, 1.82) is 0 Å². The number of Topliss-reactive ketones (excluding diaryl/α,β-unsaturated/α-hetero) is 1. The molecule has 2 rings (SSSR count). The van der Waals surface area contributed by atoms with Gasteiger partial charge in [0.1, 0.15) is 17.4 Å². The molecule has 0 aromatic heterocycles. The summed E-state index contributed by atoms with van der Waals surface area (Å²) in [7, 11) is 0. The molecule has 0 saturated carbocycles. The number of aliphatic hydroxyl groups is 1. The van der Waals surface area contributed by atoms with E-state index in [1.807, 2.05) is 13.8 Å². The standard InChI is InChI=1S/C13H14O5/c1-5-7(3)18-4-8-9(5)6(2)11(14)10(12(8)15)13(16)17/h4-5,7,14H,1-3H3,(H,16,17)/t5-,7?/m0/s1. The molecule has 0 fully saturated rings. The predicted octanol–water partition coefficient (Wildman–Crippen LogP) is 1.72. The summed E-state index contributed by atoms with van der Waals surface area (Å²) in [5.74, 6) is -2.64. The van der Waals surface area contributed by atoms with Crippen molar-refractivity contribution in [2.75, 3.05) is 0 Å². The fourth-order valence-corrected chi connectivity index (χ4v) is 2.31. The van der Waals surface area contributed by atoms with Gasteiger partial charge in [0, 0.05) is 5.92 Å². The highest BCUT2D eigenvalue weighted by molar-refractivity contribution is 6.26. The van der Waals surface area contributed by atoms with Gasteiger partial charge in [0.25, 0.3) is 0 Å². The predicted molar refractivity (Wildman–Crippen MR) is 62.8 cm³/mol. The molecular formula is C13H14O5. The van der Waals surface area contributed by atoms with Crippen molar-refractivity contribution < 1.29 is 24.5 Å². The van der Waals surface area contributed by atoms with Crippen molar-refractivity contribution in [3.8, 4) is 0 Å². The summed E-state index contributed by atoms with van der Waals surface area (Å²) >= 11 is 0. The Morgan fingerprint density at radius 1 is 1.39 bits per heavy atom. The lowest BCUT2D eigenvalue weighted by Gasteiger charge is -2.32. The summed E-state index contributed by atoms with van der Waals surface area (Å²) in [6.45, 7) is 5.35. The van der Waals surface area contributed by atoms with Crippen LogP contribution in [0.2, 0.25) is 0 Å². The topological polar surface area (TPSA) is 83.8 Å². The number of carbonyl (C=O) groups is 2. The first-order chi connectivity index (χ1) is 8.36. The quantitative estimate of drug-likeness (QED) is 0.692. The number of allylic oxidation sites excluding steroid dienone is 2. The van der Waals surface area contributed by atoms with Crippen LogP contribution in [0.4, 0.5) is 0 Å². The third-order valence-electron chi connectivity index (χ3n) is 3.53. The average molecular weight is 250 g/mol. The van der Waals surface area contributed by atoms with Crippen molar-refractivity contribution in [2.45, 2.75) is 26.9 Å². The Balaban J connectivity index is 2.69. The van der Waals surface area contributed by atoms with Crippen molar-refractivity contribution in [3.05, 3.63) is 34.3 Å². The maximum Gasteiger partial charge on any atom is 0.343 e. The van der Waals surface area contributed by atoms with Gasteiger partial charge in [0.15, 0.2) is 0 Å². The normalized spacial score (nSPS) is 27.7. The molecule has 0 bridgehead atoms. The van der Waals surface area contributed by atoms with E-state index in [0.29, 0.717) is 11.1 Å². The van der Waals surface area contributed by atoms with E-state index in [1.54, 1.807) is 6.92 Å². The van der Waals surface area contributed by atoms with Crippen LogP contribution in [-0.2, 0) is 14.3 Å². The number of ketones is 1. The van der Waals surface area contributed by atoms with Gasteiger partial charge in [0.2, 0.25) is 5.78 Å². The molecular weight excluding hydrogens is 236 g/mol. The summed E-state index contributed by atoms with van der Waals surface area (Å²) in [4.78, 5) is 23.0. The zero-order valence-corrected chi connectivity index (χ0v) is 10.4. The smallest absolute Gasteiger partial charge is 0.343 e. The summed E-state index contributed by atoms with van der Waals surface area (Å²) in [6, 6.07) is 0. The highest BCUT2D eigenvalue weighted by Crippen LogP contribution is 2.39. The minimum Gasteiger partial charge on any atom is -0.507 e. The number of fused-ring (bicyclic) bond motifs is 1. The number of carbonyl (C=O) groups excluding carboxylic acids is 1. The summed E-state index contributed by atoms with van der Waals surface area (Å²) in [5, 5.41) is 18.8. The van der Waals surface area contributed by atoms with Gasteiger partial charge in [-0.05, 0) is 25.0 Å². The molecule has 5 nitrogen and oxygen atoms in total. The zero-order chi connectivity index (χ0) is 13.6. The lowest BCUT2D eigenvalue weighted by atomic mass is 9.78. The van der Waals surface area contributed by atoms with Crippen LogP contribution in [0.15, 0.2) is 34.3 Å². The summed E-state index contributed by atoms with van der Waals surface area (Å²) in [5.41, 5.74) is 0.739. The highest BCUT2D eigenvalue weighted by Gasteiger charge is 2.39. The fourth-order valence-electron chi connectivity index (χ4n) is 2.31. The Morgan fingerprint density at radius 3 is 2.56 bits per heavy atom. The Kier molecular flexibility index (Phi) is 2.77. The first-order valence-corrected chi connectivity index (χ1v) is 5.64. The van der Waals surface area contributed by atoms with Crippen molar-refractivity contribution in [3.63, 3.8) is 0 Å². The van der Waals surface area contributed by atoms with Crippen LogP contribution in [0.3, 0.4) is 0 Å². The van der Waals surface area contributed by atoms with Gasteiger partial charge in [-0.15, -0.1) is 0 Å². The molecule has 1 aliphatic carbocycles. The molecule has 5 heteroatoms. The van der Waals surface area contributed by atoms with Crippen LogP contribution in [0.25, 0.3) is 0 Å². The number of carboxylic acids is 1. The largest absolute Gasteiger partial charge is 0.507 e. The second kappa shape index (κ2) is 4.01. The minimum atomic E-state index is -1.43. The third-order valence-corrected chi connectivity index (χ3v) is 3.53. The van der Waals surface area contributed by atoms with Crippen LogP contribution in [0.1, 0.15) is 20.8 Å². The third kappa shape index (κ3) is 1.54. The van der Waals surface area contributed by atoms with E-state index in [1.165, 1.54) is 6.26 Å². The number of carboxylic acid groups (broad SMARTS) is 1. The lowest BCUT2D eigenvalue weighted by Crippen LogP contribution is -2.32. The number of aliphatic hydroxyl groups excluding tert-OH is 1. The summed E-state index contributed by atoms with van der Waals surface area (Å²) < 4.78 is 5.33. The van der Waals surface area contributed by atoms with Crippen LogP contribution < -0.4 is 0 Å². The zero-order valence-electron chi connectivity index (χ0n) is 10.4. The number of aliphatic carboxylic acids is 1. The first kappa shape index (κ1) is 12.4. The Hall–Kier alpha value is -2.04. The summed E-state index contributed by atoms with van der Waals surface area (Å²) in [6.07, 6.45) is 1.17. The molecule has 0 saturated heterocycles. The van der Waals surface area contributed by atoms with Gasteiger partial charge >= 0.3 is 5.97 Å². The number of ether oxygens (including phenoxy) is 1. The van der Waals surface area contributed by atoms with Gasteiger partial charge in [-0.1, -0.05) is 6.92 Å².